The molecule has 0 aliphatic rings. The first-order valence-corrected chi connectivity index (χ1v) is 6.72. The summed E-state index contributed by atoms with van der Waals surface area (Å²) in [6.07, 6.45) is 0.580. The molecule has 24 heavy (non-hydrogen) atoms. The Morgan fingerprint density at radius 2 is 1.88 bits per heavy atom. The van der Waals surface area contributed by atoms with Gasteiger partial charge in [-0.2, -0.15) is 13.2 Å². The highest BCUT2D eigenvalue weighted by Crippen LogP contribution is 2.29. The second kappa shape index (κ2) is 7.40. The molecular formula is C16H12F3N3O2. The third-order valence-electron chi connectivity index (χ3n) is 2.86. The Hall–Kier alpha value is -3.16. The van der Waals surface area contributed by atoms with Crippen molar-refractivity contribution in [3.63, 3.8) is 0 Å². The molecule has 0 radical (unpaired) electrons. The molecule has 1 aromatic carbocycles. The van der Waals surface area contributed by atoms with E-state index in [9.17, 15) is 22.8 Å². The van der Waals surface area contributed by atoms with Crippen LogP contribution in [0, 0.1) is 0 Å². The summed E-state index contributed by atoms with van der Waals surface area (Å²) in [6, 6.07) is 7.58. The van der Waals surface area contributed by atoms with E-state index in [1.165, 1.54) is 36.7 Å². The van der Waals surface area contributed by atoms with E-state index in [0.29, 0.717) is 0 Å². The van der Waals surface area contributed by atoms with E-state index in [0.717, 1.165) is 18.2 Å². The van der Waals surface area contributed by atoms with Crippen LogP contribution in [-0.2, 0) is 11.0 Å². The van der Waals surface area contributed by atoms with Crippen LogP contribution in [0.1, 0.15) is 21.5 Å². The van der Waals surface area contributed by atoms with Crippen LogP contribution in [-0.4, -0.2) is 16.8 Å². The average molecular weight is 335 g/mol. The number of nitrogens with zero attached hydrogens (tertiary/aromatic N) is 1. The van der Waals surface area contributed by atoms with Crippen LogP contribution in [0.25, 0.3) is 6.08 Å². The van der Waals surface area contributed by atoms with Crippen LogP contribution in [0.4, 0.5) is 13.2 Å². The zero-order valence-corrected chi connectivity index (χ0v) is 12.2. The lowest BCUT2D eigenvalue weighted by Gasteiger charge is -2.07. The molecule has 2 amide bonds. The maximum absolute atomic E-state index is 12.6. The quantitative estimate of drug-likeness (QED) is 0.669. The summed E-state index contributed by atoms with van der Waals surface area (Å²) < 4.78 is 37.7. The molecule has 1 heterocycles. The van der Waals surface area contributed by atoms with Crippen molar-refractivity contribution >= 4 is 17.9 Å². The Balaban J connectivity index is 1.93. The molecule has 0 aliphatic carbocycles. The number of hydrazine groups is 1. The number of hydrogen-bond acceptors (Lipinski definition) is 3. The minimum absolute atomic E-state index is 0.207. The molecule has 0 aliphatic heterocycles. The fraction of sp³-hybridized carbons (Fsp3) is 0.0625. The highest BCUT2D eigenvalue weighted by molar-refractivity contribution is 5.97. The van der Waals surface area contributed by atoms with Gasteiger partial charge in [-0.05, 0) is 35.9 Å². The van der Waals surface area contributed by atoms with Crippen molar-refractivity contribution in [1.82, 2.24) is 15.8 Å². The fourth-order valence-electron chi connectivity index (χ4n) is 1.72. The molecular weight excluding hydrogens is 323 g/mol. The summed E-state index contributed by atoms with van der Waals surface area (Å²) >= 11 is 0. The Kier molecular flexibility index (Phi) is 5.31. The van der Waals surface area contributed by atoms with E-state index >= 15 is 0 Å². The van der Waals surface area contributed by atoms with Gasteiger partial charge < -0.3 is 0 Å². The summed E-state index contributed by atoms with van der Waals surface area (Å²) in [5.41, 5.74) is 3.93. The molecule has 0 fully saturated rings. The van der Waals surface area contributed by atoms with Gasteiger partial charge in [-0.25, -0.2) is 0 Å². The number of nitrogens with one attached hydrogen (secondary N) is 2. The largest absolute Gasteiger partial charge is 0.416 e. The van der Waals surface area contributed by atoms with Gasteiger partial charge in [0.25, 0.3) is 11.8 Å². The molecule has 0 spiro atoms. The number of carbonyl (C=O) groups is 2. The van der Waals surface area contributed by atoms with Crippen molar-refractivity contribution in [1.29, 1.82) is 0 Å². The Morgan fingerprint density at radius 3 is 2.54 bits per heavy atom. The highest BCUT2D eigenvalue weighted by Gasteiger charge is 2.30. The van der Waals surface area contributed by atoms with Gasteiger partial charge in [0.2, 0.25) is 0 Å². The first-order valence-electron chi connectivity index (χ1n) is 6.72. The number of rotatable bonds is 3. The predicted octanol–water partition coefficient (Wildman–Crippen LogP) is 2.57. The lowest BCUT2D eigenvalue weighted by molar-refractivity contribution is -0.137. The molecule has 1 aromatic heterocycles. The lowest BCUT2D eigenvalue weighted by atomic mass is 10.1. The van der Waals surface area contributed by atoms with Gasteiger partial charge in [0.15, 0.2) is 0 Å². The van der Waals surface area contributed by atoms with E-state index in [2.05, 4.69) is 15.8 Å². The van der Waals surface area contributed by atoms with Crippen LogP contribution >= 0.6 is 0 Å². The molecule has 5 nitrogen and oxygen atoms in total. The van der Waals surface area contributed by atoms with Gasteiger partial charge in [-0.3, -0.25) is 25.4 Å². The molecule has 0 saturated heterocycles. The minimum atomic E-state index is -4.45. The normalized spacial score (nSPS) is 11.3. The van der Waals surface area contributed by atoms with Crippen molar-refractivity contribution < 1.29 is 22.8 Å². The van der Waals surface area contributed by atoms with E-state index in [1.54, 1.807) is 6.07 Å². The number of alkyl halides is 3. The maximum Gasteiger partial charge on any atom is 0.416 e. The number of amides is 2. The Bertz CT molecular complexity index is 759. The molecule has 0 bridgehead atoms. The van der Waals surface area contributed by atoms with Gasteiger partial charge in [-0.1, -0.05) is 12.1 Å². The van der Waals surface area contributed by atoms with Crippen molar-refractivity contribution in [2.75, 3.05) is 0 Å². The van der Waals surface area contributed by atoms with E-state index in [-0.39, 0.29) is 11.1 Å². The molecule has 124 valence electrons. The first kappa shape index (κ1) is 17.2. The zero-order chi connectivity index (χ0) is 17.6. The van der Waals surface area contributed by atoms with Gasteiger partial charge >= 0.3 is 6.18 Å². The molecule has 0 atom stereocenters. The summed E-state index contributed by atoms with van der Waals surface area (Å²) in [5, 5.41) is 0. The number of hydrogen-bond donors (Lipinski definition) is 2. The van der Waals surface area contributed by atoms with Gasteiger partial charge in [0, 0.05) is 18.5 Å². The van der Waals surface area contributed by atoms with Gasteiger partial charge in [0.1, 0.15) is 0 Å². The summed E-state index contributed by atoms with van der Waals surface area (Å²) in [7, 11) is 0. The predicted molar refractivity (Wildman–Crippen MR) is 80.3 cm³/mol. The first-order chi connectivity index (χ1) is 11.4. The van der Waals surface area contributed by atoms with Crippen molar-refractivity contribution in [3.8, 4) is 0 Å². The molecule has 0 unspecified atom stereocenters. The minimum Gasteiger partial charge on any atom is -0.268 e. The van der Waals surface area contributed by atoms with Crippen LogP contribution in [0.3, 0.4) is 0 Å². The molecule has 2 aromatic rings. The Labute approximate surface area is 135 Å². The third-order valence-corrected chi connectivity index (χ3v) is 2.86. The second-order valence-corrected chi connectivity index (χ2v) is 4.64. The number of pyridine rings is 1. The maximum atomic E-state index is 12.6. The van der Waals surface area contributed by atoms with E-state index < -0.39 is 23.6 Å². The second-order valence-electron chi connectivity index (χ2n) is 4.64. The topological polar surface area (TPSA) is 71.1 Å². The van der Waals surface area contributed by atoms with E-state index in [4.69, 9.17) is 0 Å². The van der Waals surface area contributed by atoms with Crippen LogP contribution in [0.2, 0.25) is 0 Å². The van der Waals surface area contributed by atoms with Crippen LogP contribution in [0.5, 0.6) is 0 Å². The van der Waals surface area contributed by atoms with Crippen LogP contribution < -0.4 is 10.9 Å². The van der Waals surface area contributed by atoms with Crippen molar-refractivity contribution in [2.24, 2.45) is 0 Å². The highest BCUT2D eigenvalue weighted by atomic mass is 19.4. The summed E-state index contributed by atoms with van der Waals surface area (Å²) in [6.45, 7) is 0. The zero-order valence-electron chi connectivity index (χ0n) is 12.2. The Morgan fingerprint density at radius 1 is 1.08 bits per heavy atom. The average Bonchev–Trinajstić information content (AvgIpc) is 2.58. The molecule has 8 heteroatoms. The molecule has 2 rings (SSSR count). The van der Waals surface area contributed by atoms with Gasteiger partial charge in [0.05, 0.1) is 11.1 Å². The SMILES string of the molecule is O=C(/C=C/c1cccc(C(F)(F)F)c1)NNC(=O)c1cccnc1. The van der Waals surface area contributed by atoms with Gasteiger partial charge in [-0.15, -0.1) is 0 Å². The summed E-state index contributed by atoms with van der Waals surface area (Å²) in [5.74, 6) is -1.26. The monoisotopic (exact) mass is 335 g/mol. The van der Waals surface area contributed by atoms with E-state index in [1.807, 2.05) is 0 Å². The fourth-order valence-corrected chi connectivity index (χ4v) is 1.72. The molecule has 2 N–H and O–H groups in total. The molecule has 0 saturated carbocycles. The number of carbonyl (C=O) groups excluding carboxylic acids is 2. The standard InChI is InChI=1S/C16H12F3N3O2/c17-16(18,19)13-5-1-3-11(9-13)6-7-14(23)21-22-15(24)12-4-2-8-20-10-12/h1-10H,(H,21,23)(H,22,24)/b7-6+. The number of aromatic nitrogens is 1. The van der Waals surface area contributed by atoms with Crippen molar-refractivity contribution in [2.45, 2.75) is 6.18 Å². The smallest absolute Gasteiger partial charge is 0.268 e. The lowest BCUT2D eigenvalue weighted by Crippen LogP contribution is -2.40. The van der Waals surface area contributed by atoms with Crippen LogP contribution in [0.15, 0.2) is 54.9 Å². The number of halogens is 3. The third kappa shape index (κ3) is 4.94. The number of benzene rings is 1. The van der Waals surface area contributed by atoms with Crippen molar-refractivity contribution in [3.05, 3.63) is 71.6 Å². The summed E-state index contributed by atoms with van der Waals surface area (Å²) in [4.78, 5) is 27.0.